The average Bonchev–Trinajstić information content (AvgIpc) is 2.91. The van der Waals surface area contributed by atoms with Crippen molar-refractivity contribution in [3.05, 3.63) is 23.0 Å². The minimum atomic E-state index is 0.179. The standard InChI is InChI=1S/C13H18N2O.2C2H6/c1-13(2)7-9-6-10-12(16)14(3)4-5-15(10)11(9)8-13;2*1-2/h6H,4-5,7-8H2,1-3H3;2*1-2H3. The molecule has 3 rings (SSSR count). The SMILES string of the molecule is CC.CC.CN1CCn2c(cc3c2CC(C)(C)C3)C1=O. The van der Waals surface area contributed by atoms with Crippen LogP contribution >= 0.6 is 0 Å². The van der Waals surface area contributed by atoms with Crippen LogP contribution in [0, 0.1) is 5.41 Å². The molecule has 3 heteroatoms. The third kappa shape index (κ3) is 2.92. The lowest BCUT2D eigenvalue weighted by atomic mass is 9.90. The Bertz CT molecular complexity index is 472. The molecule has 1 aromatic rings. The zero-order valence-electron chi connectivity index (χ0n) is 14.2. The van der Waals surface area contributed by atoms with Crippen molar-refractivity contribution in [1.82, 2.24) is 9.47 Å². The third-order valence-electron chi connectivity index (χ3n) is 3.84. The van der Waals surface area contributed by atoms with E-state index >= 15 is 0 Å². The van der Waals surface area contributed by atoms with Gasteiger partial charge in [-0.1, -0.05) is 41.5 Å². The van der Waals surface area contributed by atoms with E-state index in [2.05, 4.69) is 24.5 Å². The largest absolute Gasteiger partial charge is 0.339 e. The Balaban J connectivity index is 0.000000461. The number of amides is 1. The fraction of sp³-hybridized carbons (Fsp3) is 0.706. The smallest absolute Gasteiger partial charge is 0.270 e. The number of carbonyl (C=O) groups is 1. The second-order valence-electron chi connectivity index (χ2n) is 5.90. The van der Waals surface area contributed by atoms with E-state index < -0.39 is 0 Å². The molecule has 1 aliphatic carbocycles. The van der Waals surface area contributed by atoms with Gasteiger partial charge in [-0.15, -0.1) is 0 Å². The van der Waals surface area contributed by atoms with Crippen LogP contribution in [0.25, 0.3) is 0 Å². The molecule has 2 aliphatic rings. The molecule has 1 aliphatic heterocycles. The molecular formula is C17H30N2O. The zero-order chi connectivity index (χ0) is 15.5. The van der Waals surface area contributed by atoms with Gasteiger partial charge in [0.1, 0.15) is 5.69 Å². The van der Waals surface area contributed by atoms with Gasteiger partial charge in [-0.25, -0.2) is 0 Å². The molecule has 0 bridgehead atoms. The molecule has 0 N–H and O–H groups in total. The number of likely N-dealkylation sites (N-methyl/N-ethyl adjacent to an activating group) is 1. The molecule has 0 atom stereocenters. The van der Waals surface area contributed by atoms with Crippen LogP contribution in [0.1, 0.15) is 63.3 Å². The summed E-state index contributed by atoms with van der Waals surface area (Å²) < 4.78 is 2.24. The van der Waals surface area contributed by atoms with Crippen molar-refractivity contribution < 1.29 is 4.79 Å². The summed E-state index contributed by atoms with van der Waals surface area (Å²) in [6.45, 7) is 14.4. The lowest BCUT2D eigenvalue weighted by molar-refractivity contribution is 0.0747. The van der Waals surface area contributed by atoms with Gasteiger partial charge in [0.2, 0.25) is 0 Å². The van der Waals surface area contributed by atoms with Crippen LogP contribution in [0.2, 0.25) is 0 Å². The van der Waals surface area contributed by atoms with Crippen LogP contribution in [0.3, 0.4) is 0 Å². The molecule has 3 nitrogen and oxygen atoms in total. The van der Waals surface area contributed by atoms with Gasteiger partial charge < -0.3 is 9.47 Å². The van der Waals surface area contributed by atoms with Crippen molar-refractivity contribution in [2.45, 2.75) is 60.9 Å². The van der Waals surface area contributed by atoms with Gasteiger partial charge >= 0.3 is 0 Å². The first-order valence-electron chi connectivity index (χ1n) is 7.95. The minimum absolute atomic E-state index is 0.179. The molecular weight excluding hydrogens is 248 g/mol. The molecule has 0 saturated carbocycles. The molecule has 0 unspecified atom stereocenters. The third-order valence-corrected chi connectivity index (χ3v) is 3.84. The van der Waals surface area contributed by atoms with Crippen LogP contribution in [0.4, 0.5) is 0 Å². The lowest BCUT2D eigenvalue weighted by Crippen LogP contribution is -2.37. The first kappa shape index (κ1) is 16.8. The molecule has 0 aromatic carbocycles. The normalized spacial score (nSPS) is 18.4. The molecule has 1 aromatic heterocycles. The topological polar surface area (TPSA) is 25.2 Å². The number of nitrogens with zero attached hydrogens (tertiary/aromatic N) is 2. The highest BCUT2D eigenvalue weighted by Crippen LogP contribution is 2.38. The van der Waals surface area contributed by atoms with E-state index in [-0.39, 0.29) is 5.91 Å². The predicted octanol–water partition coefficient (Wildman–Crippen LogP) is 3.75. The Hall–Kier alpha value is -1.25. The van der Waals surface area contributed by atoms with E-state index in [1.807, 2.05) is 39.6 Å². The van der Waals surface area contributed by atoms with Gasteiger partial charge in [-0.05, 0) is 29.9 Å². The van der Waals surface area contributed by atoms with Crippen molar-refractivity contribution in [1.29, 1.82) is 0 Å². The predicted molar refractivity (Wildman–Crippen MR) is 85.3 cm³/mol. The van der Waals surface area contributed by atoms with Crippen LogP contribution in [0.15, 0.2) is 6.07 Å². The van der Waals surface area contributed by atoms with Crippen LogP contribution in [-0.2, 0) is 19.4 Å². The summed E-state index contributed by atoms with van der Waals surface area (Å²) in [5.74, 6) is 0.179. The number of fused-ring (bicyclic) bond motifs is 3. The maximum atomic E-state index is 12.0. The molecule has 0 saturated heterocycles. The second-order valence-corrected chi connectivity index (χ2v) is 5.90. The lowest BCUT2D eigenvalue weighted by Gasteiger charge is -2.26. The minimum Gasteiger partial charge on any atom is -0.339 e. The Kier molecular flexibility index (Phi) is 5.43. The fourth-order valence-electron chi connectivity index (χ4n) is 3.02. The molecule has 1 amide bonds. The number of aromatic nitrogens is 1. The number of hydrogen-bond donors (Lipinski definition) is 0. The highest BCUT2D eigenvalue weighted by Gasteiger charge is 2.35. The van der Waals surface area contributed by atoms with Crippen LogP contribution < -0.4 is 0 Å². The molecule has 0 fully saturated rings. The summed E-state index contributed by atoms with van der Waals surface area (Å²) in [5.41, 5.74) is 4.07. The van der Waals surface area contributed by atoms with Crippen molar-refractivity contribution >= 4 is 5.91 Å². The summed E-state index contributed by atoms with van der Waals surface area (Å²) in [6.07, 6.45) is 2.22. The van der Waals surface area contributed by atoms with Gasteiger partial charge in [-0.2, -0.15) is 0 Å². The summed E-state index contributed by atoms with van der Waals surface area (Å²) in [6, 6.07) is 2.11. The van der Waals surface area contributed by atoms with Crippen molar-refractivity contribution in [3.63, 3.8) is 0 Å². The maximum absolute atomic E-state index is 12.0. The van der Waals surface area contributed by atoms with Crippen LogP contribution in [-0.4, -0.2) is 29.0 Å². The Labute approximate surface area is 124 Å². The van der Waals surface area contributed by atoms with Gasteiger partial charge in [0.05, 0.1) is 0 Å². The number of rotatable bonds is 0. The Morgan fingerprint density at radius 1 is 1.05 bits per heavy atom. The first-order chi connectivity index (χ1) is 9.48. The first-order valence-corrected chi connectivity index (χ1v) is 7.95. The quantitative estimate of drug-likeness (QED) is 0.709. The van der Waals surface area contributed by atoms with Gasteiger partial charge in [0.15, 0.2) is 0 Å². The summed E-state index contributed by atoms with van der Waals surface area (Å²) in [4.78, 5) is 13.8. The van der Waals surface area contributed by atoms with Crippen molar-refractivity contribution in [3.8, 4) is 0 Å². The highest BCUT2D eigenvalue weighted by molar-refractivity contribution is 5.93. The van der Waals surface area contributed by atoms with Gasteiger partial charge in [0, 0.05) is 25.8 Å². The van der Waals surface area contributed by atoms with Gasteiger partial charge in [-0.3, -0.25) is 4.79 Å². The Morgan fingerprint density at radius 2 is 1.65 bits per heavy atom. The van der Waals surface area contributed by atoms with Crippen molar-refractivity contribution in [2.24, 2.45) is 5.41 Å². The second kappa shape index (κ2) is 6.47. The molecule has 0 radical (unpaired) electrons. The van der Waals surface area contributed by atoms with Gasteiger partial charge in [0.25, 0.3) is 5.91 Å². The number of carbonyl (C=O) groups excluding carboxylic acids is 1. The van der Waals surface area contributed by atoms with E-state index in [0.717, 1.165) is 31.6 Å². The van der Waals surface area contributed by atoms with Crippen LogP contribution in [0.5, 0.6) is 0 Å². The number of hydrogen-bond acceptors (Lipinski definition) is 1. The molecule has 0 spiro atoms. The maximum Gasteiger partial charge on any atom is 0.270 e. The van der Waals surface area contributed by atoms with E-state index in [1.165, 1.54) is 11.3 Å². The Morgan fingerprint density at radius 3 is 2.25 bits per heavy atom. The zero-order valence-corrected chi connectivity index (χ0v) is 14.2. The van der Waals surface area contributed by atoms with E-state index in [1.54, 1.807) is 0 Å². The van der Waals surface area contributed by atoms with E-state index in [4.69, 9.17) is 0 Å². The highest BCUT2D eigenvalue weighted by atomic mass is 16.2. The summed E-state index contributed by atoms with van der Waals surface area (Å²) in [5, 5.41) is 0. The fourth-order valence-corrected chi connectivity index (χ4v) is 3.02. The molecule has 20 heavy (non-hydrogen) atoms. The summed E-state index contributed by atoms with van der Waals surface area (Å²) in [7, 11) is 1.88. The summed E-state index contributed by atoms with van der Waals surface area (Å²) >= 11 is 0. The average molecular weight is 278 g/mol. The van der Waals surface area contributed by atoms with E-state index in [0.29, 0.717) is 5.41 Å². The molecule has 114 valence electrons. The van der Waals surface area contributed by atoms with E-state index in [9.17, 15) is 4.79 Å². The van der Waals surface area contributed by atoms with Crippen molar-refractivity contribution in [2.75, 3.05) is 13.6 Å². The monoisotopic (exact) mass is 278 g/mol. The molecule has 2 heterocycles.